The number of halogens is 2. The minimum Gasteiger partial charge on any atom is -0.328 e. The van der Waals surface area contributed by atoms with Gasteiger partial charge in [-0.3, -0.25) is 0 Å². The van der Waals surface area contributed by atoms with E-state index < -0.39 is 11.6 Å². The Labute approximate surface area is 134 Å². The molecular weight excluding hydrogens is 294 g/mol. The molecule has 1 heterocycles. The Hall–Kier alpha value is -2.23. The molecule has 2 aromatic carbocycles. The summed E-state index contributed by atoms with van der Waals surface area (Å²) < 4.78 is 29.2. The highest BCUT2D eigenvalue weighted by atomic mass is 19.2. The minimum absolute atomic E-state index is 0.520. The molecule has 0 atom stereocenters. The maximum Gasteiger partial charge on any atom is 0.161 e. The monoisotopic (exact) mass is 314 g/mol. The Morgan fingerprint density at radius 1 is 1.00 bits per heavy atom. The molecule has 1 aromatic heterocycles. The molecule has 0 saturated heterocycles. The van der Waals surface area contributed by atoms with Crippen molar-refractivity contribution < 1.29 is 8.78 Å². The summed E-state index contributed by atoms with van der Waals surface area (Å²) in [5, 5.41) is 0. The van der Waals surface area contributed by atoms with Crippen molar-refractivity contribution in [2.75, 3.05) is 0 Å². The van der Waals surface area contributed by atoms with Crippen LogP contribution in [0.1, 0.15) is 37.6 Å². The van der Waals surface area contributed by atoms with E-state index >= 15 is 0 Å². The molecule has 0 fully saturated rings. The topological polar surface area (TPSA) is 17.8 Å². The average Bonchev–Trinajstić information content (AvgIpc) is 2.86. The van der Waals surface area contributed by atoms with Crippen LogP contribution in [0.25, 0.3) is 11.0 Å². The summed E-state index contributed by atoms with van der Waals surface area (Å²) in [6, 6.07) is 12.5. The molecule has 0 bridgehead atoms. The van der Waals surface area contributed by atoms with Gasteiger partial charge >= 0.3 is 0 Å². The van der Waals surface area contributed by atoms with Crippen LogP contribution in [0.2, 0.25) is 0 Å². The molecular formula is C19H20F2N2. The highest BCUT2D eigenvalue weighted by molar-refractivity contribution is 5.76. The van der Waals surface area contributed by atoms with Gasteiger partial charge in [0.1, 0.15) is 5.82 Å². The van der Waals surface area contributed by atoms with Crippen LogP contribution < -0.4 is 0 Å². The molecule has 0 aliphatic carbocycles. The third-order valence-corrected chi connectivity index (χ3v) is 4.06. The molecule has 0 unspecified atom stereocenters. The number of aryl methyl sites for hydroxylation is 1. The first kappa shape index (κ1) is 15.7. The molecule has 23 heavy (non-hydrogen) atoms. The van der Waals surface area contributed by atoms with Crippen molar-refractivity contribution >= 4 is 11.0 Å². The molecule has 120 valence electrons. The summed E-state index contributed by atoms with van der Waals surface area (Å²) in [5.41, 5.74) is 2.33. The van der Waals surface area contributed by atoms with Crippen molar-refractivity contribution in [1.29, 1.82) is 0 Å². The SMILES string of the molecule is CCCCCn1c(Cc2ccccc2)nc2cc(F)c(F)cc21. The average molecular weight is 314 g/mol. The summed E-state index contributed by atoms with van der Waals surface area (Å²) >= 11 is 0. The van der Waals surface area contributed by atoms with Crippen LogP contribution in [-0.2, 0) is 13.0 Å². The van der Waals surface area contributed by atoms with Crippen LogP contribution in [0.4, 0.5) is 8.78 Å². The van der Waals surface area contributed by atoms with Crippen molar-refractivity contribution in [1.82, 2.24) is 9.55 Å². The number of unbranched alkanes of at least 4 members (excludes halogenated alkanes) is 2. The molecule has 0 radical (unpaired) electrons. The van der Waals surface area contributed by atoms with Crippen molar-refractivity contribution in [3.05, 3.63) is 65.5 Å². The molecule has 0 amide bonds. The predicted molar refractivity (Wildman–Crippen MR) is 88.4 cm³/mol. The van der Waals surface area contributed by atoms with Gasteiger partial charge in [0, 0.05) is 25.1 Å². The highest BCUT2D eigenvalue weighted by Crippen LogP contribution is 2.22. The van der Waals surface area contributed by atoms with Crippen molar-refractivity contribution in [2.24, 2.45) is 0 Å². The van der Waals surface area contributed by atoms with Gasteiger partial charge in [0.15, 0.2) is 11.6 Å². The Balaban J connectivity index is 2.02. The molecule has 2 nitrogen and oxygen atoms in total. The van der Waals surface area contributed by atoms with E-state index in [2.05, 4.69) is 11.9 Å². The van der Waals surface area contributed by atoms with Crippen molar-refractivity contribution in [3.63, 3.8) is 0 Å². The van der Waals surface area contributed by atoms with E-state index in [4.69, 9.17) is 0 Å². The fraction of sp³-hybridized carbons (Fsp3) is 0.316. The van der Waals surface area contributed by atoms with Crippen LogP contribution in [-0.4, -0.2) is 9.55 Å². The van der Waals surface area contributed by atoms with E-state index in [-0.39, 0.29) is 0 Å². The normalized spacial score (nSPS) is 11.3. The Bertz CT molecular complexity index is 794. The quantitative estimate of drug-likeness (QED) is 0.579. The smallest absolute Gasteiger partial charge is 0.161 e. The van der Waals surface area contributed by atoms with E-state index in [0.717, 1.165) is 37.2 Å². The first-order chi connectivity index (χ1) is 11.2. The second-order valence-electron chi connectivity index (χ2n) is 5.80. The summed E-state index contributed by atoms with van der Waals surface area (Å²) in [6.07, 6.45) is 3.88. The van der Waals surface area contributed by atoms with Gasteiger partial charge in [0.25, 0.3) is 0 Å². The molecule has 0 aliphatic heterocycles. The predicted octanol–water partition coefficient (Wildman–Crippen LogP) is 5.10. The Morgan fingerprint density at radius 2 is 1.74 bits per heavy atom. The summed E-state index contributed by atoms with van der Waals surface area (Å²) in [5.74, 6) is -0.810. The first-order valence-corrected chi connectivity index (χ1v) is 8.07. The number of imidazole rings is 1. The van der Waals surface area contributed by atoms with Gasteiger partial charge in [-0.25, -0.2) is 13.8 Å². The second kappa shape index (κ2) is 6.90. The van der Waals surface area contributed by atoms with Crippen LogP contribution in [0.3, 0.4) is 0 Å². The highest BCUT2D eigenvalue weighted by Gasteiger charge is 2.14. The molecule has 0 N–H and O–H groups in total. The zero-order valence-corrected chi connectivity index (χ0v) is 13.2. The lowest BCUT2D eigenvalue weighted by Crippen LogP contribution is -2.05. The molecule has 4 heteroatoms. The van der Waals surface area contributed by atoms with Gasteiger partial charge in [0.2, 0.25) is 0 Å². The Kier molecular flexibility index (Phi) is 4.70. The summed E-state index contributed by atoms with van der Waals surface area (Å²) in [4.78, 5) is 4.54. The Morgan fingerprint density at radius 3 is 2.48 bits per heavy atom. The molecule has 3 rings (SSSR count). The van der Waals surface area contributed by atoms with E-state index in [9.17, 15) is 8.78 Å². The third kappa shape index (κ3) is 3.41. The van der Waals surface area contributed by atoms with Crippen molar-refractivity contribution in [3.8, 4) is 0 Å². The van der Waals surface area contributed by atoms with E-state index in [1.165, 1.54) is 12.1 Å². The third-order valence-electron chi connectivity index (χ3n) is 4.06. The number of aromatic nitrogens is 2. The van der Waals surface area contributed by atoms with E-state index in [0.29, 0.717) is 17.5 Å². The van der Waals surface area contributed by atoms with Crippen LogP contribution in [0.5, 0.6) is 0 Å². The molecule has 0 saturated carbocycles. The van der Waals surface area contributed by atoms with Gasteiger partial charge in [0.05, 0.1) is 11.0 Å². The first-order valence-electron chi connectivity index (χ1n) is 8.07. The van der Waals surface area contributed by atoms with E-state index in [1.54, 1.807) is 0 Å². The zero-order chi connectivity index (χ0) is 16.2. The van der Waals surface area contributed by atoms with Gasteiger partial charge in [-0.1, -0.05) is 50.1 Å². The van der Waals surface area contributed by atoms with Gasteiger partial charge in [-0.05, 0) is 12.0 Å². The number of benzene rings is 2. The molecule has 3 aromatic rings. The van der Waals surface area contributed by atoms with Gasteiger partial charge < -0.3 is 4.57 Å². The second-order valence-corrected chi connectivity index (χ2v) is 5.80. The fourth-order valence-electron chi connectivity index (χ4n) is 2.85. The van der Waals surface area contributed by atoms with Gasteiger partial charge in [-0.15, -0.1) is 0 Å². The van der Waals surface area contributed by atoms with Crippen LogP contribution >= 0.6 is 0 Å². The van der Waals surface area contributed by atoms with Gasteiger partial charge in [-0.2, -0.15) is 0 Å². The van der Waals surface area contributed by atoms with Crippen molar-refractivity contribution in [2.45, 2.75) is 39.2 Å². The van der Waals surface area contributed by atoms with Crippen LogP contribution in [0.15, 0.2) is 42.5 Å². The largest absolute Gasteiger partial charge is 0.328 e. The number of hydrogen-bond donors (Lipinski definition) is 0. The number of rotatable bonds is 6. The maximum atomic E-state index is 13.6. The lowest BCUT2D eigenvalue weighted by atomic mass is 10.1. The lowest BCUT2D eigenvalue weighted by molar-refractivity contribution is 0.510. The minimum atomic E-state index is -0.845. The number of hydrogen-bond acceptors (Lipinski definition) is 1. The molecule has 0 aliphatic rings. The summed E-state index contributed by atoms with van der Waals surface area (Å²) in [6.45, 7) is 2.92. The van der Waals surface area contributed by atoms with Crippen LogP contribution in [0, 0.1) is 11.6 Å². The lowest BCUT2D eigenvalue weighted by Gasteiger charge is -2.09. The summed E-state index contributed by atoms with van der Waals surface area (Å²) in [7, 11) is 0. The maximum absolute atomic E-state index is 13.6. The zero-order valence-electron chi connectivity index (χ0n) is 13.2. The van der Waals surface area contributed by atoms with E-state index in [1.807, 2.05) is 34.9 Å². The number of nitrogens with zero attached hydrogens (tertiary/aromatic N) is 2. The fourth-order valence-corrected chi connectivity index (χ4v) is 2.85. The standard InChI is InChI=1S/C19H20F2N2/c1-2-3-7-10-23-18-13-16(21)15(20)12-17(18)22-19(23)11-14-8-5-4-6-9-14/h4-6,8-9,12-13H,2-3,7,10-11H2,1H3. The molecule has 0 spiro atoms. The number of fused-ring (bicyclic) bond motifs is 1.